The van der Waals surface area contributed by atoms with Crippen LogP contribution in [0.1, 0.15) is 86.8 Å². The number of aryl methyl sites for hydroxylation is 1. The molecule has 36 heteroatoms. The fraction of sp³-hybridized carbons (Fsp3) is 0.317. The van der Waals surface area contributed by atoms with Gasteiger partial charge in [0.2, 0.25) is 29.6 Å². The van der Waals surface area contributed by atoms with E-state index in [-0.39, 0.29) is 74.0 Å². The molecule has 7 N–H and O–H groups in total. The van der Waals surface area contributed by atoms with Crippen LogP contribution in [-0.4, -0.2) is 278 Å². The zero-order valence-electron chi connectivity index (χ0n) is 78.4. The van der Waals surface area contributed by atoms with Gasteiger partial charge in [0.25, 0.3) is 11.8 Å². The second kappa shape index (κ2) is 42.0. The first-order valence-electron chi connectivity index (χ1n) is 46.6. The maximum atomic E-state index is 15.1. The molecule has 15 heterocycles. The van der Waals surface area contributed by atoms with Crippen LogP contribution in [0.4, 0.5) is 25.8 Å². The van der Waals surface area contributed by atoms with Gasteiger partial charge in [0, 0.05) is 221 Å². The third-order valence-corrected chi connectivity index (χ3v) is 27.7. The molecule has 3 atom stereocenters. The minimum Gasteiger partial charge on any atom is -0.384 e. The van der Waals surface area contributed by atoms with Crippen LogP contribution in [0.25, 0.3) is 106 Å². The van der Waals surface area contributed by atoms with Crippen LogP contribution in [0, 0.1) is 17.2 Å². The summed E-state index contributed by atoms with van der Waals surface area (Å²) >= 11 is 1.63. The highest BCUT2D eigenvalue weighted by Gasteiger charge is 2.49. The molecule has 718 valence electrons. The number of rotatable bonds is 26. The molecule has 0 unspecified atom stereocenters. The maximum Gasteiger partial charge on any atom is 0.258 e. The van der Waals surface area contributed by atoms with Crippen molar-refractivity contribution < 1.29 is 56.9 Å². The first kappa shape index (κ1) is 95.7. The number of nitrogens with zero attached hydrogens (tertiary/aromatic N) is 17. The SMILES string of the molecule is CCc1cc(-c2n[nH]c3ccc(NC(=O)[C@]4(COC)CCN(CC(=O)N5CC=C(c6nccs6)CC5)C4)cc23)ccn1.CO[C@@]1(C(=O)Nc2ccc3[nH]nc(-c4ccc(F)nc4)c3c2)CCN(CC(=O)N2CC=C(c3ccc(-c4ncccn4)cc3F)CC2)C1.CO[C@@]1(C(=O)Nc2ccc3[nH]nc(-c4ccnc(C(C)(C)O)c4)c3c2)CCN(CC(=O)N2CC=C(c3ccc(-c4ncccn4)cc3)CC2)C1. The van der Waals surface area contributed by atoms with E-state index < -0.39 is 28.2 Å². The van der Waals surface area contributed by atoms with Crippen molar-refractivity contribution in [2.24, 2.45) is 5.41 Å². The molecule has 140 heavy (non-hydrogen) atoms. The van der Waals surface area contributed by atoms with Crippen molar-refractivity contribution in [1.82, 2.24) is 99.9 Å². The van der Waals surface area contributed by atoms with Gasteiger partial charge in [-0.25, -0.2) is 34.3 Å². The van der Waals surface area contributed by atoms with Gasteiger partial charge in [-0.3, -0.25) is 68.7 Å². The highest BCUT2D eigenvalue weighted by atomic mass is 32.1. The number of anilines is 3. The molecule has 0 aliphatic carbocycles. The van der Waals surface area contributed by atoms with Gasteiger partial charge in [-0.2, -0.15) is 19.7 Å². The number of pyridine rings is 3. The molecule has 0 radical (unpaired) electrons. The van der Waals surface area contributed by atoms with Gasteiger partial charge < -0.3 is 50.0 Å². The van der Waals surface area contributed by atoms with Crippen LogP contribution < -0.4 is 16.0 Å². The van der Waals surface area contributed by atoms with E-state index >= 15 is 4.39 Å². The van der Waals surface area contributed by atoms with Crippen molar-refractivity contribution in [3.63, 3.8) is 0 Å². The Morgan fingerprint density at radius 2 is 0.936 bits per heavy atom. The number of H-pyrrole nitrogens is 3. The standard InChI is InChI=1S/C38H40N8O4.C35H32F2N8O3.C31H35N7O3S/c1-37(2,49)32-21-28(11-17-39-32)34-30-22-29(9-10-31(30)43-44-34)42-36(48)38(50-3)14-20-45(24-38)23-33(47)46-18-12-26(13-19-46)25-5-7-27(8-6-25)35-40-15-4-16-41-35;1-48-35(34(47)41-25-5-7-29-27(18-25)32(43-42-29)24-4-8-30(37)40-19-24)11-16-44(21-35)20-31(46)45-14-9-22(10-15-45)26-6-3-23(17-28(26)36)33-38-12-2-13-39-33;1-3-23-16-22(6-10-32-23)28-25-17-24(4-5-26(25)35-36-28)34-30(40)31(20-41-2)9-14-37(19-31)18-27(39)38-12-7-21(8-13-38)29-33-11-15-42-29/h4-12,15-17,21-22,49H,13-14,18-20,23-24H2,1-3H3,(H,42,48)(H,43,44);2-9,12-13,17-19H,10-11,14-16,20-21H2,1H3,(H,41,47)(H,42,43);4-7,10-11,15-17H,3,8-9,12-14,18-20H2,1-2H3,(H,34,40)(H,35,36)/t38-;35-;31-/m001/s1. The molecule has 3 saturated heterocycles. The Hall–Kier alpha value is -14.6. The maximum absolute atomic E-state index is 15.1. The summed E-state index contributed by atoms with van der Waals surface area (Å²) in [5, 5.41) is 47.6. The number of halogens is 2. The summed E-state index contributed by atoms with van der Waals surface area (Å²) in [6.45, 7) is 12.4. The summed E-state index contributed by atoms with van der Waals surface area (Å²) in [5.74, 6) is -0.415. The lowest BCUT2D eigenvalue weighted by atomic mass is 9.87. The number of carbonyl (C=O) groups is 6. The Kier molecular flexibility index (Phi) is 28.7. The number of aromatic nitrogens is 14. The summed E-state index contributed by atoms with van der Waals surface area (Å²) in [5.41, 5.74) is 12.7. The van der Waals surface area contributed by atoms with E-state index in [0.717, 1.165) is 96.2 Å². The highest BCUT2D eigenvalue weighted by molar-refractivity contribution is 7.10. The number of hydrogen-bond donors (Lipinski definition) is 7. The van der Waals surface area contributed by atoms with Crippen molar-refractivity contribution in [2.75, 3.05) is 142 Å². The molecular formula is C104H107F2N23O10S. The number of nitrogens with one attached hydrogen (secondary N) is 6. The van der Waals surface area contributed by atoms with Crippen molar-refractivity contribution in [1.29, 1.82) is 0 Å². The van der Waals surface area contributed by atoms with E-state index in [1.54, 1.807) is 130 Å². The summed E-state index contributed by atoms with van der Waals surface area (Å²) in [6.07, 6.45) is 23.9. The minimum atomic E-state index is -1.14. The van der Waals surface area contributed by atoms with Crippen LogP contribution in [0.5, 0.6) is 0 Å². The Morgan fingerprint density at radius 1 is 0.464 bits per heavy atom. The lowest BCUT2D eigenvalue weighted by Crippen LogP contribution is -2.48. The van der Waals surface area contributed by atoms with E-state index in [9.17, 15) is 38.3 Å². The average molecular weight is 1910 g/mol. The molecule has 0 spiro atoms. The van der Waals surface area contributed by atoms with Crippen molar-refractivity contribution in [3.8, 4) is 56.5 Å². The van der Waals surface area contributed by atoms with Crippen LogP contribution in [0.3, 0.4) is 0 Å². The number of aliphatic hydroxyl groups is 1. The number of benzene rings is 5. The van der Waals surface area contributed by atoms with Gasteiger partial charge in [-0.05, 0) is 197 Å². The molecular weight excluding hydrogens is 1800 g/mol. The van der Waals surface area contributed by atoms with Crippen LogP contribution in [0.15, 0.2) is 219 Å². The van der Waals surface area contributed by atoms with Gasteiger partial charge >= 0.3 is 0 Å². The molecule has 33 nitrogen and oxygen atoms in total. The van der Waals surface area contributed by atoms with Gasteiger partial charge in [0.1, 0.15) is 33.5 Å². The smallest absolute Gasteiger partial charge is 0.258 e. The molecule has 0 saturated carbocycles. The number of likely N-dealkylation sites (tertiary alicyclic amines) is 3. The van der Waals surface area contributed by atoms with Crippen LogP contribution in [0.2, 0.25) is 0 Å². The number of aromatic amines is 3. The zero-order valence-corrected chi connectivity index (χ0v) is 79.3. The number of thiazole rings is 1. The van der Waals surface area contributed by atoms with Gasteiger partial charge in [0.15, 0.2) is 22.9 Å². The van der Waals surface area contributed by atoms with Crippen molar-refractivity contribution in [2.45, 2.75) is 82.5 Å². The van der Waals surface area contributed by atoms with Crippen LogP contribution >= 0.6 is 11.3 Å². The molecule has 0 bridgehead atoms. The Balaban J connectivity index is 0.000000140. The molecule has 9 aromatic heterocycles. The van der Waals surface area contributed by atoms with E-state index in [4.69, 9.17) is 14.2 Å². The predicted molar refractivity (Wildman–Crippen MR) is 530 cm³/mol. The fourth-order valence-electron chi connectivity index (χ4n) is 18.8. The largest absolute Gasteiger partial charge is 0.384 e. The average Bonchev–Trinajstić information content (AvgIpc) is 1.64. The quantitative estimate of drug-likeness (QED) is 0.0248. The number of methoxy groups -OCH3 is 3. The lowest BCUT2D eigenvalue weighted by molar-refractivity contribution is -0.138. The highest BCUT2D eigenvalue weighted by Crippen LogP contribution is 2.40. The molecule has 6 aliphatic heterocycles. The third-order valence-electron chi connectivity index (χ3n) is 26.8. The first-order valence-corrected chi connectivity index (χ1v) is 47.5. The lowest BCUT2D eigenvalue weighted by Gasteiger charge is -2.30. The summed E-state index contributed by atoms with van der Waals surface area (Å²) in [4.78, 5) is 126. The first-order chi connectivity index (χ1) is 67.9. The summed E-state index contributed by atoms with van der Waals surface area (Å²) < 4.78 is 45.6. The molecule has 20 rings (SSSR count). The second-order valence-corrected chi connectivity index (χ2v) is 37.2. The monoisotopic (exact) mass is 1910 g/mol. The normalized spacial score (nSPS) is 18.6. The van der Waals surface area contributed by atoms with E-state index in [1.807, 2.05) is 110 Å². The summed E-state index contributed by atoms with van der Waals surface area (Å²) in [6, 6.07) is 43.9. The van der Waals surface area contributed by atoms with Crippen molar-refractivity contribution >= 4 is 113 Å². The fourth-order valence-corrected chi connectivity index (χ4v) is 19.5. The zero-order chi connectivity index (χ0) is 97.2. The Labute approximate surface area is 810 Å². The molecule has 3 fully saturated rings. The molecule has 6 aliphatic rings. The number of ether oxygens (including phenoxy) is 3. The minimum absolute atomic E-state index is 0.0333. The van der Waals surface area contributed by atoms with Gasteiger partial charge in [-0.1, -0.05) is 61.5 Å². The van der Waals surface area contributed by atoms with E-state index in [0.29, 0.717) is 160 Å². The number of hydrogen-bond acceptors (Lipinski definition) is 25. The number of fused-ring (bicyclic) bond motifs is 3. The molecule has 6 amide bonds. The number of amides is 6. The third kappa shape index (κ3) is 21.3. The van der Waals surface area contributed by atoms with Crippen molar-refractivity contribution in [3.05, 3.63) is 258 Å². The molecule has 5 aromatic carbocycles. The van der Waals surface area contributed by atoms with E-state index in [1.165, 1.54) is 36.6 Å². The molecule has 14 aromatic rings. The topological polar surface area (TPSA) is 395 Å². The van der Waals surface area contributed by atoms with Gasteiger partial charge in [-0.15, -0.1) is 11.3 Å². The Morgan fingerprint density at radius 3 is 1.41 bits per heavy atom. The second-order valence-electron chi connectivity index (χ2n) is 36.3. The summed E-state index contributed by atoms with van der Waals surface area (Å²) in [7, 11) is 4.66. The predicted octanol–water partition coefficient (Wildman–Crippen LogP) is 13.6. The number of carbonyl (C=O) groups excluding carboxylic acids is 6. The van der Waals surface area contributed by atoms with Gasteiger partial charge in [0.05, 0.1) is 53.9 Å². The van der Waals surface area contributed by atoms with E-state index in [2.05, 4.69) is 123 Å². The Bertz CT molecular complexity index is 7000. The van der Waals surface area contributed by atoms with Crippen LogP contribution in [-0.2, 0) is 55.0 Å².